The molecule has 1 saturated carbocycles. The molecule has 3 rings (SSSR count). The highest BCUT2D eigenvalue weighted by Crippen LogP contribution is 2.54. The number of Topliss-reactive ketones (excluding diaryl/α,β-unsaturated/α-hetero) is 1. The van der Waals surface area contributed by atoms with Crippen molar-refractivity contribution >= 4 is 35.6 Å². The lowest BCUT2D eigenvalue weighted by molar-refractivity contribution is -0.173. The highest BCUT2D eigenvalue weighted by atomic mass is 16.6. The Balaban J connectivity index is 2.41. The highest BCUT2D eigenvalue weighted by molar-refractivity contribution is 5.94. The summed E-state index contributed by atoms with van der Waals surface area (Å²) in [5, 5.41) is 0. The van der Waals surface area contributed by atoms with Crippen LogP contribution in [0, 0.1) is 16.7 Å². The topological polar surface area (TPSA) is 149 Å². The number of carbonyl (C=O) groups excluding carboxylic acids is 6. The van der Waals surface area contributed by atoms with Crippen molar-refractivity contribution in [3.63, 3.8) is 0 Å². The van der Waals surface area contributed by atoms with Crippen molar-refractivity contribution in [2.24, 2.45) is 16.7 Å². The summed E-state index contributed by atoms with van der Waals surface area (Å²) >= 11 is 0. The molecule has 41 heavy (non-hydrogen) atoms. The summed E-state index contributed by atoms with van der Waals surface area (Å²) in [5.41, 5.74) is -0.877. The minimum Gasteiger partial charge on any atom is -0.461 e. The molecule has 3 aliphatic carbocycles. The molecule has 1 fully saturated rings. The molecule has 3 aliphatic rings. The van der Waals surface area contributed by atoms with E-state index in [0.29, 0.717) is 16.7 Å². The lowest BCUT2D eigenvalue weighted by atomic mass is 9.57. The summed E-state index contributed by atoms with van der Waals surface area (Å²) in [6.45, 7) is 13.2. The second-order valence-corrected chi connectivity index (χ2v) is 12.0. The molecule has 226 valence electrons. The van der Waals surface area contributed by atoms with E-state index >= 15 is 0 Å². The van der Waals surface area contributed by atoms with Gasteiger partial charge in [0, 0.05) is 47.0 Å². The number of hydrogen-bond acceptors (Lipinski definition) is 11. The summed E-state index contributed by atoms with van der Waals surface area (Å²) in [4.78, 5) is 75.9. The number of ketones is 1. The maximum atomic E-state index is 14.6. The van der Waals surface area contributed by atoms with Crippen molar-refractivity contribution in [3.8, 4) is 0 Å². The predicted octanol–water partition coefficient (Wildman–Crippen LogP) is 3.32. The van der Waals surface area contributed by atoms with E-state index in [-0.39, 0.29) is 19.3 Å². The molecular formula is C30H40O11. The fourth-order valence-corrected chi connectivity index (χ4v) is 6.73. The van der Waals surface area contributed by atoms with Crippen LogP contribution in [0.5, 0.6) is 0 Å². The van der Waals surface area contributed by atoms with Crippen LogP contribution in [0.2, 0.25) is 0 Å². The summed E-state index contributed by atoms with van der Waals surface area (Å²) in [7, 11) is 0. The number of rotatable bonds is 5. The molecule has 0 aromatic heterocycles. The Bertz CT molecular complexity index is 1210. The minimum atomic E-state index is -1.43. The van der Waals surface area contributed by atoms with Crippen molar-refractivity contribution in [1.82, 2.24) is 0 Å². The predicted molar refractivity (Wildman–Crippen MR) is 143 cm³/mol. The summed E-state index contributed by atoms with van der Waals surface area (Å²) in [6.07, 6.45) is -3.14. The zero-order valence-corrected chi connectivity index (χ0v) is 25.2. The Morgan fingerprint density at radius 3 is 1.76 bits per heavy atom. The van der Waals surface area contributed by atoms with Crippen LogP contribution >= 0.6 is 0 Å². The molecule has 0 heterocycles. The van der Waals surface area contributed by atoms with E-state index in [0.717, 1.165) is 0 Å². The third-order valence-corrected chi connectivity index (χ3v) is 8.47. The summed E-state index contributed by atoms with van der Waals surface area (Å²) in [5.74, 6) is -4.10. The van der Waals surface area contributed by atoms with Crippen LogP contribution in [0.4, 0.5) is 0 Å². The van der Waals surface area contributed by atoms with E-state index in [1.807, 2.05) is 13.8 Å². The Morgan fingerprint density at radius 2 is 1.24 bits per heavy atom. The monoisotopic (exact) mass is 576 g/mol. The van der Waals surface area contributed by atoms with Gasteiger partial charge < -0.3 is 23.7 Å². The van der Waals surface area contributed by atoms with Gasteiger partial charge in [0.25, 0.3) is 0 Å². The first-order chi connectivity index (χ1) is 18.9. The van der Waals surface area contributed by atoms with Crippen LogP contribution < -0.4 is 0 Å². The Kier molecular flexibility index (Phi) is 9.20. The van der Waals surface area contributed by atoms with Gasteiger partial charge in [-0.05, 0) is 54.9 Å². The smallest absolute Gasteiger partial charge is 0.303 e. The average molecular weight is 577 g/mol. The molecule has 0 N–H and O–H groups in total. The maximum absolute atomic E-state index is 14.6. The zero-order valence-electron chi connectivity index (χ0n) is 25.2. The second-order valence-electron chi connectivity index (χ2n) is 12.0. The van der Waals surface area contributed by atoms with Gasteiger partial charge in [-0.1, -0.05) is 13.8 Å². The van der Waals surface area contributed by atoms with Gasteiger partial charge in [0.05, 0.1) is 5.41 Å². The van der Waals surface area contributed by atoms with Gasteiger partial charge in [-0.2, -0.15) is 0 Å². The van der Waals surface area contributed by atoms with Crippen molar-refractivity contribution in [2.45, 2.75) is 112 Å². The van der Waals surface area contributed by atoms with Crippen molar-refractivity contribution in [1.29, 1.82) is 0 Å². The van der Waals surface area contributed by atoms with Crippen LogP contribution in [-0.4, -0.2) is 66.1 Å². The average Bonchev–Trinajstić information content (AvgIpc) is 2.80. The van der Waals surface area contributed by atoms with Crippen LogP contribution in [-0.2, 0) is 52.5 Å². The van der Waals surface area contributed by atoms with Gasteiger partial charge in [0.15, 0.2) is 11.9 Å². The molecule has 0 amide bonds. The largest absolute Gasteiger partial charge is 0.461 e. The van der Waals surface area contributed by atoms with E-state index in [2.05, 4.69) is 0 Å². The molecule has 11 heteroatoms. The van der Waals surface area contributed by atoms with Gasteiger partial charge in [0.1, 0.15) is 24.4 Å². The fourth-order valence-electron chi connectivity index (χ4n) is 6.73. The molecule has 7 atom stereocenters. The van der Waals surface area contributed by atoms with E-state index in [4.69, 9.17) is 23.7 Å². The third kappa shape index (κ3) is 6.54. The van der Waals surface area contributed by atoms with Gasteiger partial charge >= 0.3 is 29.8 Å². The normalized spacial score (nSPS) is 33.9. The molecule has 4 bridgehead atoms. The first-order valence-electron chi connectivity index (χ1n) is 13.7. The van der Waals surface area contributed by atoms with Crippen LogP contribution in [0.15, 0.2) is 22.8 Å². The van der Waals surface area contributed by atoms with Gasteiger partial charge in [-0.3, -0.25) is 28.8 Å². The van der Waals surface area contributed by atoms with E-state index in [1.165, 1.54) is 34.6 Å². The summed E-state index contributed by atoms with van der Waals surface area (Å²) in [6, 6.07) is 0. The van der Waals surface area contributed by atoms with Gasteiger partial charge in [-0.25, -0.2) is 0 Å². The molecule has 0 spiro atoms. The molecule has 0 aliphatic heterocycles. The van der Waals surface area contributed by atoms with Crippen molar-refractivity contribution in [2.75, 3.05) is 0 Å². The number of esters is 5. The molecule has 0 aromatic carbocycles. The first kappa shape index (κ1) is 32.0. The standard InChI is InChI=1S/C30H40O11/c1-14-22(37-15(2)31)11-21-24(39-17(4)33)10-20-13-30(9,25(40-18(5)34)12-23(20)38-16(3)32)28(36)27(41-19(6)35)26(14)29(21,7)8/h10,21-25,27H,11-13H2,1-9H3/b20-10+/t21-,22-,23-,24-,25-,27+,30-/m0/s1. The zero-order chi connectivity index (χ0) is 31.0. The fraction of sp³-hybridized carbons (Fsp3) is 0.667. The first-order valence-corrected chi connectivity index (χ1v) is 13.7. The van der Waals surface area contributed by atoms with Crippen LogP contribution in [0.25, 0.3) is 0 Å². The third-order valence-electron chi connectivity index (χ3n) is 8.47. The molecule has 0 unspecified atom stereocenters. The minimum absolute atomic E-state index is 0.0237. The number of carbonyl (C=O) groups is 6. The van der Waals surface area contributed by atoms with Crippen molar-refractivity contribution < 1.29 is 52.5 Å². The molecule has 0 saturated heterocycles. The van der Waals surface area contributed by atoms with Crippen molar-refractivity contribution in [3.05, 3.63) is 22.8 Å². The maximum Gasteiger partial charge on any atom is 0.303 e. The SMILES string of the molecule is CC(=O)O[C@H]1C(=O)[C@@]2(C)C/C(=C\[C@H](OC(C)=O)[C@@H]3C[C@H](OC(C)=O)C(C)=C1C3(C)C)[C@@H](OC(C)=O)C[C@@H]2OC(C)=O. The molecular weight excluding hydrogens is 536 g/mol. The summed E-state index contributed by atoms with van der Waals surface area (Å²) < 4.78 is 28.5. The lowest BCUT2D eigenvalue weighted by Gasteiger charge is -2.51. The molecule has 0 aromatic rings. The van der Waals surface area contributed by atoms with Gasteiger partial charge in [-0.15, -0.1) is 0 Å². The Labute approximate surface area is 239 Å². The van der Waals surface area contributed by atoms with Crippen LogP contribution in [0.1, 0.15) is 81.6 Å². The number of hydrogen-bond donors (Lipinski definition) is 0. The Morgan fingerprint density at radius 1 is 0.732 bits per heavy atom. The molecule has 11 nitrogen and oxygen atoms in total. The second kappa shape index (κ2) is 11.8. The number of fused-ring (bicyclic) bond motifs is 4. The van der Waals surface area contributed by atoms with E-state index < -0.39 is 82.9 Å². The molecule has 0 radical (unpaired) electrons. The Hall–Kier alpha value is -3.50. The van der Waals surface area contributed by atoms with Crippen LogP contribution in [0.3, 0.4) is 0 Å². The van der Waals surface area contributed by atoms with E-state index in [1.54, 1.807) is 19.9 Å². The lowest BCUT2D eigenvalue weighted by Crippen LogP contribution is -2.57. The van der Waals surface area contributed by atoms with E-state index in [9.17, 15) is 28.8 Å². The number of ether oxygens (including phenoxy) is 5. The van der Waals surface area contributed by atoms with Gasteiger partial charge in [0.2, 0.25) is 0 Å². The quantitative estimate of drug-likeness (QED) is 0.269. The highest BCUT2D eigenvalue weighted by Gasteiger charge is 2.58.